The number of fused-ring (bicyclic) bond motifs is 1. The number of aryl methyl sites for hydroxylation is 1. The number of guanidine groups is 1. The van der Waals surface area contributed by atoms with Gasteiger partial charge in [-0.05, 0) is 38.9 Å². The van der Waals surface area contributed by atoms with E-state index >= 15 is 0 Å². The van der Waals surface area contributed by atoms with E-state index in [1.54, 1.807) is 17.0 Å². The van der Waals surface area contributed by atoms with E-state index < -0.39 is 0 Å². The van der Waals surface area contributed by atoms with Crippen LogP contribution in [-0.4, -0.2) is 51.6 Å². The van der Waals surface area contributed by atoms with E-state index in [1.165, 1.54) is 25.3 Å². The first-order chi connectivity index (χ1) is 13.2. The number of aromatic nitrogens is 3. The highest BCUT2D eigenvalue weighted by molar-refractivity contribution is 5.93. The Kier molecular flexibility index (Phi) is 5.15. The molecule has 142 valence electrons. The van der Waals surface area contributed by atoms with E-state index in [4.69, 9.17) is 0 Å². The Labute approximate surface area is 158 Å². The van der Waals surface area contributed by atoms with E-state index in [1.807, 2.05) is 19.1 Å². The van der Waals surface area contributed by atoms with E-state index in [0.717, 1.165) is 25.2 Å². The second-order valence-corrected chi connectivity index (χ2v) is 7.02. The van der Waals surface area contributed by atoms with Gasteiger partial charge in [-0.1, -0.05) is 12.5 Å². The van der Waals surface area contributed by atoms with Crippen LogP contribution in [0.15, 0.2) is 40.4 Å². The van der Waals surface area contributed by atoms with Crippen LogP contribution in [0.3, 0.4) is 0 Å². The predicted molar refractivity (Wildman–Crippen MR) is 105 cm³/mol. The number of nitrogens with zero attached hydrogens (tertiary/aromatic N) is 5. The molecule has 1 saturated heterocycles. The maximum absolute atomic E-state index is 12.6. The van der Waals surface area contributed by atoms with Crippen molar-refractivity contribution in [1.82, 2.24) is 24.8 Å². The number of nitrogens with one attached hydrogen (secondary N) is 2. The number of rotatable bonds is 4. The summed E-state index contributed by atoms with van der Waals surface area (Å²) in [5.74, 6) is 1.14. The van der Waals surface area contributed by atoms with Gasteiger partial charge in [0, 0.05) is 36.3 Å². The minimum Gasteiger partial charge on any atom is -0.331 e. The van der Waals surface area contributed by atoms with Crippen LogP contribution in [0.25, 0.3) is 0 Å². The number of piperidine rings is 1. The summed E-state index contributed by atoms with van der Waals surface area (Å²) in [6.07, 6.45) is 6.96. The molecule has 2 aliphatic heterocycles. The Bertz CT molecular complexity index is 871. The normalized spacial score (nSPS) is 21.4. The van der Waals surface area contributed by atoms with Gasteiger partial charge < -0.3 is 10.2 Å². The Hall–Kier alpha value is -2.74. The Morgan fingerprint density at radius 2 is 2.15 bits per heavy atom. The predicted octanol–water partition coefficient (Wildman–Crippen LogP) is 1.35. The summed E-state index contributed by atoms with van der Waals surface area (Å²) in [6.45, 7) is 5.77. The largest absolute Gasteiger partial charge is 0.331 e. The van der Waals surface area contributed by atoms with Crippen LogP contribution in [0.5, 0.6) is 0 Å². The lowest BCUT2D eigenvalue weighted by Crippen LogP contribution is -2.48. The highest BCUT2D eigenvalue weighted by Crippen LogP contribution is 2.20. The summed E-state index contributed by atoms with van der Waals surface area (Å²) in [4.78, 5) is 28.4. The monoisotopic (exact) mass is 367 g/mol. The molecule has 8 heteroatoms. The summed E-state index contributed by atoms with van der Waals surface area (Å²) >= 11 is 0. The van der Waals surface area contributed by atoms with Crippen LogP contribution in [0.1, 0.15) is 36.7 Å². The van der Waals surface area contributed by atoms with Gasteiger partial charge in [0.1, 0.15) is 6.17 Å². The molecule has 2 aromatic rings. The molecule has 0 bridgehead atoms. The van der Waals surface area contributed by atoms with E-state index in [9.17, 15) is 4.79 Å². The quantitative estimate of drug-likeness (QED) is 0.848. The Balaban J connectivity index is 1.58. The highest BCUT2D eigenvalue weighted by atomic mass is 16.1. The zero-order valence-corrected chi connectivity index (χ0v) is 15.6. The van der Waals surface area contributed by atoms with Crippen LogP contribution in [0.2, 0.25) is 0 Å². The third kappa shape index (κ3) is 4.00. The molecule has 2 N–H and O–H groups in total. The van der Waals surface area contributed by atoms with Gasteiger partial charge in [-0.25, -0.2) is 4.98 Å². The lowest BCUT2D eigenvalue weighted by atomic mass is 10.1. The Morgan fingerprint density at radius 1 is 1.30 bits per heavy atom. The molecule has 2 aliphatic rings. The molecule has 0 saturated carbocycles. The summed E-state index contributed by atoms with van der Waals surface area (Å²) < 4.78 is 1.60. The van der Waals surface area contributed by atoms with Gasteiger partial charge >= 0.3 is 0 Å². The second-order valence-electron chi connectivity index (χ2n) is 7.02. The van der Waals surface area contributed by atoms with Gasteiger partial charge in [0.05, 0.1) is 6.54 Å². The van der Waals surface area contributed by atoms with Crippen LogP contribution in [0.4, 0.5) is 5.95 Å². The molecule has 0 spiro atoms. The molecular weight excluding hydrogens is 342 g/mol. The molecule has 0 aliphatic carbocycles. The molecule has 0 amide bonds. The molecule has 8 nitrogen and oxygen atoms in total. The third-order valence-electron chi connectivity index (χ3n) is 4.98. The molecule has 0 unspecified atom stereocenters. The third-order valence-corrected chi connectivity index (χ3v) is 4.98. The van der Waals surface area contributed by atoms with Gasteiger partial charge in [0.15, 0.2) is 5.96 Å². The van der Waals surface area contributed by atoms with Crippen molar-refractivity contribution < 1.29 is 0 Å². The summed E-state index contributed by atoms with van der Waals surface area (Å²) in [5.41, 5.74) is 1.45. The number of pyridine rings is 1. The smallest absolute Gasteiger partial charge is 0.257 e. The fourth-order valence-corrected chi connectivity index (χ4v) is 3.62. The van der Waals surface area contributed by atoms with Crippen LogP contribution >= 0.6 is 0 Å². The summed E-state index contributed by atoms with van der Waals surface area (Å²) in [6, 6.07) is 5.34. The first kappa shape index (κ1) is 17.7. The number of hydrogen-bond donors (Lipinski definition) is 2. The molecule has 0 radical (unpaired) electrons. The van der Waals surface area contributed by atoms with Gasteiger partial charge in [0.25, 0.3) is 5.56 Å². The molecular formula is C19H25N7O. The maximum Gasteiger partial charge on any atom is 0.257 e. The molecule has 4 heterocycles. The zero-order valence-electron chi connectivity index (χ0n) is 15.6. The fraction of sp³-hybridized carbons (Fsp3) is 0.474. The van der Waals surface area contributed by atoms with Crippen molar-refractivity contribution in [1.29, 1.82) is 0 Å². The van der Waals surface area contributed by atoms with Crippen LogP contribution in [-0.2, 0) is 0 Å². The maximum atomic E-state index is 12.6. The molecule has 0 aromatic carbocycles. The molecule has 2 aromatic heterocycles. The van der Waals surface area contributed by atoms with Crippen LogP contribution < -0.4 is 16.2 Å². The average Bonchev–Trinajstić information content (AvgIpc) is 2.68. The van der Waals surface area contributed by atoms with Crippen molar-refractivity contribution in [2.24, 2.45) is 4.99 Å². The van der Waals surface area contributed by atoms with Crippen molar-refractivity contribution in [3.63, 3.8) is 0 Å². The molecule has 1 atom stereocenters. The van der Waals surface area contributed by atoms with Crippen molar-refractivity contribution in [3.8, 4) is 0 Å². The van der Waals surface area contributed by atoms with Gasteiger partial charge in [-0.15, -0.1) is 0 Å². The van der Waals surface area contributed by atoms with Gasteiger partial charge in [0.2, 0.25) is 5.95 Å². The number of aliphatic imine (C=N–C) groups is 1. The minimum absolute atomic E-state index is 0.112. The topological polar surface area (TPSA) is 87.4 Å². The number of anilines is 1. The SMILES string of the molecule is Cc1cc(=O)n2c(n1)NC(=NCCN1CCCCC1)N[C@H]2c1cccnc1. The average molecular weight is 367 g/mol. The first-order valence-electron chi connectivity index (χ1n) is 9.51. The van der Waals surface area contributed by atoms with Gasteiger partial charge in [-0.2, -0.15) is 0 Å². The number of likely N-dealkylation sites (tertiary alicyclic amines) is 1. The number of hydrogen-bond acceptors (Lipinski definition) is 5. The van der Waals surface area contributed by atoms with Crippen molar-refractivity contribution in [2.75, 3.05) is 31.5 Å². The Morgan fingerprint density at radius 3 is 2.93 bits per heavy atom. The lowest BCUT2D eigenvalue weighted by Gasteiger charge is -2.31. The summed E-state index contributed by atoms with van der Waals surface area (Å²) in [5, 5.41) is 6.50. The molecule has 1 fully saturated rings. The summed E-state index contributed by atoms with van der Waals surface area (Å²) in [7, 11) is 0. The lowest BCUT2D eigenvalue weighted by molar-refractivity contribution is 0.235. The van der Waals surface area contributed by atoms with Crippen molar-refractivity contribution >= 4 is 11.9 Å². The van der Waals surface area contributed by atoms with E-state index in [-0.39, 0.29) is 11.7 Å². The van der Waals surface area contributed by atoms with Crippen molar-refractivity contribution in [2.45, 2.75) is 32.4 Å². The first-order valence-corrected chi connectivity index (χ1v) is 9.51. The van der Waals surface area contributed by atoms with Crippen molar-refractivity contribution in [3.05, 3.63) is 52.2 Å². The molecule has 4 rings (SSSR count). The minimum atomic E-state index is -0.385. The standard InChI is InChI=1S/C19H25N7O/c1-14-12-16(27)26-17(15-6-5-7-20-13-15)23-18(24-19(26)22-14)21-8-11-25-9-3-2-4-10-25/h5-7,12-13,17H,2-4,8-11H2,1H3,(H2,21,22,23,24)/t17-/m1/s1. The molecule has 27 heavy (non-hydrogen) atoms. The highest BCUT2D eigenvalue weighted by Gasteiger charge is 2.26. The second kappa shape index (κ2) is 7.87. The van der Waals surface area contributed by atoms with E-state index in [0.29, 0.717) is 24.1 Å². The zero-order chi connectivity index (χ0) is 18.6. The fourth-order valence-electron chi connectivity index (χ4n) is 3.62. The van der Waals surface area contributed by atoms with Crippen LogP contribution in [0, 0.1) is 6.92 Å². The van der Waals surface area contributed by atoms with Gasteiger partial charge in [-0.3, -0.25) is 24.7 Å². The van der Waals surface area contributed by atoms with E-state index in [2.05, 4.69) is 30.5 Å².